The zero-order valence-electron chi connectivity index (χ0n) is 15.2. The number of ether oxygens (including phenoxy) is 2. The molecule has 1 aromatic carbocycles. The minimum Gasteiger partial charge on any atom is -0.467 e. The van der Waals surface area contributed by atoms with Crippen molar-refractivity contribution in [2.45, 2.75) is 33.2 Å². The summed E-state index contributed by atoms with van der Waals surface area (Å²) in [5.74, 6) is 1.37. The highest BCUT2D eigenvalue weighted by Crippen LogP contribution is 2.56. The van der Waals surface area contributed by atoms with Crippen LogP contribution in [-0.2, 0) is 4.74 Å². The summed E-state index contributed by atoms with van der Waals surface area (Å²) in [4.78, 5) is 2.48. The van der Waals surface area contributed by atoms with Gasteiger partial charge in [-0.1, -0.05) is 45.0 Å². The average Bonchev–Trinajstić information content (AvgIpc) is 3.11. The highest BCUT2D eigenvalue weighted by atomic mass is 16.7. The van der Waals surface area contributed by atoms with Crippen molar-refractivity contribution in [3.63, 3.8) is 0 Å². The van der Waals surface area contributed by atoms with E-state index in [1.807, 2.05) is 18.2 Å². The van der Waals surface area contributed by atoms with Crippen LogP contribution in [0.3, 0.4) is 0 Å². The number of aliphatic hydroxyl groups excluding tert-OH is 1. The molecular formula is C20H29NO3. The minimum absolute atomic E-state index is 0.110. The summed E-state index contributed by atoms with van der Waals surface area (Å²) in [5, 5.41) is 10.2. The summed E-state index contributed by atoms with van der Waals surface area (Å²) in [6.45, 7) is 8.24. The molecule has 1 saturated heterocycles. The molecule has 0 radical (unpaired) electrons. The van der Waals surface area contributed by atoms with Gasteiger partial charge < -0.3 is 19.5 Å². The van der Waals surface area contributed by atoms with Gasteiger partial charge in [0.1, 0.15) is 5.75 Å². The number of para-hydroxylation sites is 1. The monoisotopic (exact) mass is 331 g/mol. The van der Waals surface area contributed by atoms with Crippen LogP contribution < -0.4 is 4.74 Å². The predicted molar refractivity (Wildman–Crippen MR) is 94.6 cm³/mol. The summed E-state index contributed by atoms with van der Waals surface area (Å²) >= 11 is 0. The fourth-order valence-corrected chi connectivity index (χ4v) is 4.50. The van der Waals surface area contributed by atoms with Gasteiger partial charge in [-0.25, -0.2) is 0 Å². The molecule has 0 aromatic heterocycles. The maximum Gasteiger partial charge on any atom is 0.188 e. The van der Waals surface area contributed by atoms with E-state index in [0.717, 1.165) is 24.3 Å². The molecular weight excluding hydrogens is 302 g/mol. The van der Waals surface area contributed by atoms with Gasteiger partial charge in [0.05, 0.1) is 6.04 Å². The predicted octanol–water partition coefficient (Wildman–Crippen LogP) is 3.58. The fourth-order valence-electron chi connectivity index (χ4n) is 4.50. The Labute approximate surface area is 145 Å². The molecule has 0 aliphatic carbocycles. The first-order chi connectivity index (χ1) is 11.5. The van der Waals surface area contributed by atoms with E-state index in [1.54, 1.807) is 7.11 Å². The summed E-state index contributed by atoms with van der Waals surface area (Å²) in [7, 11) is 1.63. The van der Waals surface area contributed by atoms with Crippen LogP contribution in [-0.4, -0.2) is 37.1 Å². The van der Waals surface area contributed by atoms with E-state index in [-0.39, 0.29) is 30.8 Å². The first kappa shape index (κ1) is 17.3. The molecule has 2 aliphatic rings. The van der Waals surface area contributed by atoms with Crippen LogP contribution in [0.5, 0.6) is 5.75 Å². The van der Waals surface area contributed by atoms with Crippen LogP contribution in [0.15, 0.2) is 36.0 Å². The van der Waals surface area contributed by atoms with Crippen LogP contribution in [0.1, 0.15) is 38.8 Å². The third-order valence-corrected chi connectivity index (χ3v) is 5.26. The Morgan fingerprint density at radius 2 is 2.00 bits per heavy atom. The van der Waals surface area contributed by atoms with Gasteiger partial charge in [-0.15, -0.1) is 0 Å². The number of hydrogen-bond donors (Lipinski definition) is 1. The van der Waals surface area contributed by atoms with Gasteiger partial charge in [0, 0.05) is 43.4 Å². The lowest BCUT2D eigenvalue weighted by molar-refractivity contribution is 0.0482. The lowest BCUT2D eigenvalue weighted by atomic mass is 9.71. The van der Waals surface area contributed by atoms with E-state index < -0.39 is 0 Å². The number of nitrogens with zero attached hydrogens (tertiary/aromatic N) is 1. The molecule has 4 heteroatoms. The first-order valence-electron chi connectivity index (χ1n) is 8.77. The lowest BCUT2D eigenvalue weighted by Gasteiger charge is -2.33. The van der Waals surface area contributed by atoms with Crippen molar-refractivity contribution in [1.29, 1.82) is 0 Å². The van der Waals surface area contributed by atoms with Crippen LogP contribution in [0.2, 0.25) is 0 Å². The van der Waals surface area contributed by atoms with Crippen molar-refractivity contribution in [2.24, 2.45) is 17.3 Å². The molecule has 1 unspecified atom stereocenters. The SMILES string of the molecule is COCOc1ccccc1[C@H]1[C@@H](CO)C(C(C)(C)C)C2=CCCN21. The Morgan fingerprint density at radius 1 is 1.25 bits per heavy atom. The smallest absolute Gasteiger partial charge is 0.188 e. The molecule has 2 heterocycles. The van der Waals surface area contributed by atoms with Crippen LogP contribution in [0, 0.1) is 17.3 Å². The number of rotatable bonds is 5. The third kappa shape index (κ3) is 2.93. The summed E-state index contributed by atoms with van der Waals surface area (Å²) in [6.07, 6.45) is 3.44. The number of aliphatic hydroxyl groups is 1. The Kier molecular flexibility index (Phi) is 4.88. The topological polar surface area (TPSA) is 41.9 Å². The van der Waals surface area contributed by atoms with Crippen LogP contribution >= 0.6 is 0 Å². The van der Waals surface area contributed by atoms with E-state index in [9.17, 15) is 5.11 Å². The maximum absolute atomic E-state index is 10.2. The van der Waals surface area contributed by atoms with E-state index in [1.165, 1.54) is 5.70 Å². The average molecular weight is 331 g/mol. The van der Waals surface area contributed by atoms with E-state index in [0.29, 0.717) is 5.92 Å². The highest BCUT2D eigenvalue weighted by Gasteiger charge is 2.51. The summed E-state index contributed by atoms with van der Waals surface area (Å²) in [6, 6.07) is 8.31. The van der Waals surface area contributed by atoms with E-state index >= 15 is 0 Å². The zero-order chi connectivity index (χ0) is 17.3. The number of allylic oxidation sites excluding steroid dienone is 1. The summed E-state index contributed by atoms with van der Waals surface area (Å²) in [5.41, 5.74) is 2.65. The molecule has 1 fully saturated rings. The Hall–Kier alpha value is -1.52. The van der Waals surface area contributed by atoms with Crippen molar-refractivity contribution in [1.82, 2.24) is 4.90 Å². The van der Waals surface area contributed by atoms with Gasteiger partial charge in [0.2, 0.25) is 0 Å². The largest absolute Gasteiger partial charge is 0.467 e. The quantitative estimate of drug-likeness (QED) is 0.837. The Balaban J connectivity index is 2.03. The molecule has 132 valence electrons. The summed E-state index contributed by atoms with van der Waals surface area (Å²) < 4.78 is 10.9. The molecule has 0 spiro atoms. The maximum atomic E-state index is 10.2. The number of benzene rings is 1. The molecule has 2 aliphatic heterocycles. The van der Waals surface area contributed by atoms with Crippen molar-refractivity contribution in [2.75, 3.05) is 27.1 Å². The first-order valence-corrected chi connectivity index (χ1v) is 8.77. The molecule has 4 nitrogen and oxygen atoms in total. The standard InChI is InChI=1S/C20H29NO3/c1-20(2,3)18-15(12-22)19(21-11-7-9-16(18)21)14-8-5-6-10-17(14)24-13-23-4/h5-6,8-10,15,18-19,22H,7,11-13H2,1-4H3/t15-,18?,19-/m0/s1. The van der Waals surface area contributed by atoms with Gasteiger partial charge >= 0.3 is 0 Å². The van der Waals surface area contributed by atoms with Gasteiger partial charge in [0.15, 0.2) is 6.79 Å². The molecule has 24 heavy (non-hydrogen) atoms. The van der Waals surface area contributed by atoms with Gasteiger partial charge in [0.25, 0.3) is 0 Å². The van der Waals surface area contributed by atoms with Crippen molar-refractivity contribution < 1.29 is 14.6 Å². The van der Waals surface area contributed by atoms with Crippen LogP contribution in [0.25, 0.3) is 0 Å². The molecule has 3 rings (SSSR count). The van der Waals surface area contributed by atoms with Gasteiger partial charge in [-0.3, -0.25) is 0 Å². The Morgan fingerprint density at radius 3 is 2.67 bits per heavy atom. The van der Waals surface area contributed by atoms with Gasteiger partial charge in [-0.05, 0) is 17.9 Å². The second kappa shape index (κ2) is 6.77. The lowest BCUT2D eigenvalue weighted by Crippen LogP contribution is -2.30. The molecule has 0 saturated carbocycles. The molecule has 1 N–H and O–H groups in total. The normalized spacial score (nSPS) is 26.5. The van der Waals surface area contributed by atoms with E-state index in [4.69, 9.17) is 9.47 Å². The van der Waals surface area contributed by atoms with Crippen LogP contribution in [0.4, 0.5) is 0 Å². The molecule has 1 aromatic rings. The third-order valence-electron chi connectivity index (χ3n) is 5.26. The minimum atomic E-state index is 0.110. The van der Waals surface area contributed by atoms with Crippen molar-refractivity contribution in [3.05, 3.63) is 41.6 Å². The highest BCUT2D eigenvalue weighted by molar-refractivity contribution is 5.40. The zero-order valence-corrected chi connectivity index (χ0v) is 15.2. The number of methoxy groups -OCH3 is 1. The number of fused-ring (bicyclic) bond motifs is 1. The Bertz CT molecular complexity index is 605. The van der Waals surface area contributed by atoms with Crippen molar-refractivity contribution >= 4 is 0 Å². The number of hydrogen-bond acceptors (Lipinski definition) is 4. The van der Waals surface area contributed by atoms with E-state index in [2.05, 4.69) is 37.8 Å². The molecule has 0 amide bonds. The molecule has 0 bridgehead atoms. The van der Waals surface area contributed by atoms with Crippen molar-refractivity contribution in [3.8, 4) is 5.75 Å². The second-order valence-corrected chi connectivity index (χ2v) is 7.83. The van der Waals surface area contributed by atoms with Gasteiger partial charge in [-0.2, -0.15) is 0 Å². The second-order valence-electron chi connectivity index (χ2n) is 7.83. The fraction of sp³-hybridized carbons (Fsp3) is 0.600. The molecule has 3 atom stereocenters.